The summed E-state index contributed by atoms with van der Waals surface area (Å²) in [5.41, 5.74) is 2.50. The number of aldehydes is 1. The molecule has 0 fully saturated rings. The van der Waals surface area contributed by atoms with Crippen LogP contribution >= 0.6 is 0 Å². The van der Waals surface area contributed by atoms with Crippen molar-refractivity contribution >= 4 is 12.2 Å². The Bertz CT molecular complexity index is 481. The van der Waals surface area contributed by atoms with Gasteiger partial charge < -0.3 is 5.32 Å². The smallest absolute Gasteiger partial charge is 0.216 e. The average molecular weight is 229 g/mol. The Kier molecular flexibility index (Phi) is 4.96. The highest BCUT2D eigenvalue weighted by Crippen LogP contribution is 2.07. The van der Waals surface area contributed by atoms with Crippen molar-refractivity contribution in [2.24, 2.45) is 0 Å². The molecule has 0 aliphatic rings. The van der Waals surface area contributed by atoms with Crippen molar-refractivity contribution in [3.05, 3.63) is 34.9 Å². The molecule has 0 atom stereocenters. The molecule has 0 spiro atoms. The van der Waals surface area contributed by atoms with Gasteiger partial charge in [-0.25, -0.2) is 0 Å². The van der Waals surface area contributed by atoms with E-state index in [9.17, 15) is 9.59 Å². The quantitative estimate of drug-likeness (QED) is 0.487. The van der Waals surface area contributed by atoms with E-state index in [-0.39, 0.29) is 5.91 Å². The lowest BCUT2D eigenvalue weighted by molar-refractivity contribution is -0.118. The van der Waals surface area contributed by atoms with Crippen molar-refractivity contribution in [1.29, 1.82) is 0 Å². The van der Waals surface area contributed by atoms with E-state index < -0.39 is 0 Å². The predicted molar refractivity (Wildman–Crippen MR) is 66.7 cm³/mol. The second-order valence-electron chi connectivity index (χ2n) is 3.72. The van der Waals surface area contributed by atoms with Crippen LogP contribution in [0.4, 0.5) is 0 Å². The van der Waals surface area contributed by atoms with Gasteiger partial charge in [0.2, 0.25) is 5.91 Å². The van der Waals surface area contributed by atoms with Gasteiger partial charge >= 0.3 is 0 Å². The zero-order valence-corrected chi connectivity index (χ0v) is 10.0. The Balaban J connectivity index is 2.57. The highest BCUT2D eigenvalue weighted by molar-refractivity contribution is 5.77. The minimum absolute atomic E-state index is 0.0435. The Morgan fingerprint density at radius 3 is 2.82 bits per heavy atom. The third kappa shape index (κ3) is 4.52. The van der Waals surface area contributed by atoms with E-state index in [1.807, 2.05) is 19.1 Å². The highest BCUT2D eigenvalue weighted by Gasteiger charge is 1.96. The molecule has 0 aliphatic carbocycles. The Labute approximate surface area is 101 Å². The summed E-state index contributed by atoms with van der Waals surface area (Å²) in [6.45, 7) is 3.93. The summed E-state index contributed by atoms with van der Waals surface area (Å²) in [7, 11) is 0. The highest BCUT2D eigenvalue weighted by atomic mass is 16.1. The largest absolute Gasteiger partial charge is 0.355 e. The number of carbonyl (C=O) groups is 2. The van der Waals surface area contributed by atoms with Crippen molar-refractivity contribution < 1.29 is 9.59 Å². The molecule has 3 nitrogen and oxygen atoms in total. The number of aryl methyl sites for hydroxylation is 1. The van der Waals surface area contributed by atoms with Crippen molar-refractivity contribution in [3.8, 4) is 11.8 Å². The van der Waals surface area contributed by atoms with Crippen molar-refractivity contribution in [2.45, 2.75) is 20.3 Å². The standard InChI is InChI=1S/C14H15NO2/c1-11-9-13(6-7-14(11)10-16)5-3-4-8-15-12(2)17/h6-7,9-10H,4,8H2,1-2H3,(H,15,17). The topological polar surface area (TPSA) is 46.2 Å². The van der Waals surface area contributed by atoms with Crippen LogP contribution < -0.4 is 5.32 Å². The van der Waals surface area contributed by atoms with Crippen molar-refractivity contribution in [3.63, 3.8) is 0 Å². The molecular formula is C14H15NO2. The number of hydrogen-bond donors (Lipinski definition) is 1. The van der Waals surface area contributed by atoms with Crippen molar-refractivity contribution in [1.82, 2.24) is 5.32 Å². The second-order valence-corrected chi connectivity index (χ2v) is 3.72. The molecular weight excluding hydrogens is 214 g/mol. The minimum Gasteiger partial charge on any atom is -0.355 e. The molecule has 1 amide bonds. The predicted octanol–water partition coefficient (Wildman–Crippen LogP) is 1.69. The van der Waals surface area contributed by atoms with E-state index in [0.717, 1.165) is 17.4 Å². The molecule has 0 saturated carbocycles. The van der Waals surface area contributed by atoms with Gasteiger partial charge in [0.1, 0.15) is 6.29 Å². The van der Waals surface area contributed by atoms with E-state index >= 15 is 0 Å². The molecule has 0 heterocycles. The molecule has 1 aromatic carbocycles. The number of hydrogen-bond acceptors (Lipinski definition) is 2. The summed E-state index contributed by atoms with van der Waals surface area (Å²) < 4.78 is 0. The lowest BCUT2D eigenvalue weighted by atomic mass is 10.1. The fourth-order valence-electron chi connectivity index (χ4n) is 1.35. The van der Waals surface area contributed by atoms with Gasteiger partial charge in [-0.2, -0.15) is 0 Å². The minimum atomic E-state index is -0.0435. The SMILES string of the molecule is CC(=O)NCCC#Cc1ccc(C=O)c(C)c1. The fraction of sp³-hybridized carbons (Fsp3) is 0.286. The van der Waals surface area contributed by atoms with Crippen LogP contribution in [0.1, 0.15) is 34.8 Å². The summed E-state index contributed by atoms with van der Waals surface area (Å²) in [6.07, 6.45) is 1.46. The van der Waals surface area contributed by atoms with E-state index in [1.165, 1.54) is 6.92 Å². The molecule has 0 aromatic heterocycles. The van der Waals surface area contributed by atoms with Gasteiger partial charge in [-0.05, 0) is 24.6 Å². The zero-order chi connectivity index (χ0) is 12.7. The normalized spacial score (nSPS) is 9.06. The van der Waals surface area contributed by atoms with E-state index in [0.29, 0.717) is 18.5 Å². The van der Waals surface area contributed by atoms with Crippen LogP contribution in [0.5, 0.6) is 0 Å². The molecule has 0 bridgehead atoms. The maximum atomic E-state index is 10.6. The van der Waals surface area contributed by atoms with E-state index in [2.05, 4.69) is 17.2 Å². The van der Waals surface area contributed by atoms with Crippen LogP contribution in [0.3, 0.4) is 0 Å². The maximum Gasteiger partial charge on any atom is 0.216 e. The maximum absolute atomic E-state index is 10.6. The first-order valence-corrected chi connectivity index (χ1v) is 5.42. The summed E-state index contributed by atoms with van der Waals surface area (Å²) in [5.74, 6) is 5.92. The first kappa shape index (κ1) is 13.0. The molecule has 0 aliphatic heterocycles. The molecule has 0 saturated heterocycles. The van der Waals surface area contributed by atoms with Gasteiger partial charge in [0.25, 0.3) is 0 Å². The third-order valence-electron chi connectivity index (χ3n) is 2.25. The van der Waals surface area contributed by atoms with Gasteiger partial charge in [-0.1, -0.05) is 17.9 Å². The van der Waals surface area contributed by atoms with Gasteiger partial charge in [-0.15, -0.1) is 0 Å². The molecule has 0 radical (unpaired) electrons. The van der Waals surface area contributed by atoms with Crippen LogP contribution in [0.2, 0.25) is 0 Å². The molecule has 1 aromatic rings. The van der Waals surface area contributed by atoms with E-state index in [1.54, 1.807) is 6.07 Å². The summed E-state index contributed by atoms with van der Waals surface area (Å²) in [4.78, 5) is 21.2. The summed E-state index contributed by atoms with van der Waals surface area (Å²) in [6, 6.07) is 5.47. The number of benzene rings is 1. The molecule has 88 valence electrons. The molecule has 1 rings (SSSR count). The second kappa shape index (κ2) is 6.49. The van der Waals surface area contributed by atoms with Crippen molar-refractivity contribution in [2.75, 3.05) is 6.54 Å². The fourth-order valence-corrected chi connectivity index (χ4v) is 1.35. The summed E-state index contributed by atoms with van der Waals surface area (Å²) in [5, 5.41) is 2.67. The Morgan fingerprint density at radius 1 is 1.47 bits per heavy atom. The number of nitrogens with one attached hydrogen (secondary N) is 1. The first-order chi connectivity index (χ1) is 8.13. The Morgan fingerprint density at radius 2 is 2.24 bits per heavy atom. The number of carbonyl (C=O) groups excluding carboxylic acids is 2. The van der Waals surface area contributed by atoms with Crippen LogP contribution in [0, 0.1) is 18.8 Å². The third-order valence-corrected chi connectivity index (χ3v) is 2.25. The van der Waals surface area contributed by atoms with Crippen LogP contribution in [-0.4, -0.2) is 18.7 Å². The molecule has 17 heavy (non-hydrogen) atoms. The van der Waals surface area contributed by atoms with Gasteiger partial charge in [0.15, 0.2) is 0 Å². The van der Waals surface area contributed by atoms with Gasteiger partial charge in [-0.3, -0.25) is 9.59 Å². The monoisotopic (exact) mass is 229 g/mol. The molecule has 3 heteroatoms. The lowest BCUT2D eigenvalue weighted by Crippen LogP contribution is -2.20. The lowest BCUT2D eigenvalue weighted by Gasteiger charge is -1.98. The average Bonchev–Trinajstić information content (AvgIpc) is 2.28. The zero-order valence-electron chi connectivity index (χ0n) is 10.0. The number of amides is 1. The number of rotatable bonds is 3. The molecule has 0 unspecified atom stereocenters. The first-order valence-electron chi connectivity index (χ1n) is 5.42. The van der Waals surface area contributed by atoms with Crippen LogP contribution in [0.25, 0.3) is 0 Å². The van der Waals surface area contributed by atoms with Crippen LogP contribution in [-0.2, 0) is 4.79 Å². The van der Waals surface area contributed by atoms with Gasteiger partial charge in [0.05, 0.1) is 0 Å². The van der Waals surface area contributed by atoms with Crippen LogP contribution in [0.15, 0.2) is 18.2 Å². The van der Waals surface area contributed by atoms with E-state index in [4.69, 9.17) is 0 Å². The Hall–Kier alpha value is -2.08. The van der Waals surface area contributed by atoms with Gasteiger partial charge in [0, 0.05) is 31.0 Å². The summed E-state index contributed by atoms with van der Waals surface area (Å²) >= 11 is 0. The molecule has 1 N–H and O–H groups in total.